The Morgan fingerprint density at radius 1 is 1.12 bits per heavy atom. The minimum atomic E-state index is -0.808. The summed E-state index contributed by atoms with van der Waals surface area (Å²) in [7, 11) is 0. The third-order valence-corrected chi connectivity index (χ3v) is 3.59. The van der Waals surface area contributed by atoms with Crippen LogP contribution in [0.1, 0.15) is 19.4 Å². The van der Waals surface area contributed by atoms with E-state index in [4.69, 9.17) is 4.74 Å². The molecule has 0 spiro atoms. The van der Waals surface area contributed by atoms with Crippen molar-refractivity contribution in [2.24, 2.45) is 0 Å². The Labute approximate surface area is 150 Å². The lowest BCUT2D eigenvalue weighted by molar-refractivity contribution is -0.122. The molecule has 0 aliphatic carbocycles. The first-order chi connectivity index (χ1) is 12.5. The van der Waals surface area contributed by atoms with Crippen LogP contribution in [0, 0.1) is 0 Å². The van der Waals surface area contributed by atoms with Crippen LogP contribution >= 0.6 is 0 Å². The van der Waals surface area contributed by atoms with Gasteiger partial charge in [0.25, 0.3) is 11.8 Å². The van der Waals surface area contributed by atoms with E-state index in [0.29, 0.717) is 11.3 Å². The SMILES string of the molecule is CC(C)Oc1ccccc1/C=C1\C(=O)NC(=O)N(c2cccnc2)C1=O. The molecular weight excluding hydrogens is 334 g/mol. The Kier molecular flexibility index (Phi) is 4.79. The Morgan fingerprint density at radius 3 is 2.58 bits per heavy atom. The lowest BCUT2D eigenvalue weighted by Crippen LogP contribution is -2.54. The Hall–Kier alpha value is -3.48. The molecule has 7 heteroatoms. The second-order valence-corrected chi connectivity index (χ2v) is 5.87. The van der Waals surface area contributed by atoms with Gasteiger partial charge in [-0.2, -0.15) is 0 Å². The minimum Gasteiger partial charge on any atom is -0.490 e. The molecule has 1 fully saturated rings. The number of anilines is 1. The lowest BCUT2D eigenvalue weighted by Gasteiger charge is -2.26. The van der Waals surface area contributed by atoms with Crippen molar-refractivity contribution in [3.63, 3.8) is 0 Å². The number of para-hydroxylation sites is 1. The van der Waals surface area contributed by atoms with Crippen LogP contribution in [-0.4, -0.2) is 28.9 Å². The summed E-state index contributed by atoms with van der Waals surface area (Å²) < 4.78 is 5.71. The molecule has 0 atom stereocenters. The third-order valence-electron chi connectivity index (χ3n) is 3.59. The molecular formula is C19H17N3O4. The van der Waals surface area contributed by atoms with Crippen LogP contribution in [0.25, 0.3) is 6.08 Å². The first-order valence-electron chi connectivity index (χ1n) is 8.04. The summed E-state index contributed by atoms with van der Waals surface area (Å²) in [6.07, 6.45) is 4.25. The highest BCUT2D eigenvalue weighted by Crippen LogP contribution is 2.25. The summed E-state index contributed by atoms with van der Waals surface area (Å²) in [6.45, 7) is 3.76. The van der Waals surface area contributed by atoms with E-state index < -0.39 is 17.8 Å². The average Bonchev–Trinajstić information content (AvgIpc) is 2.60. The molecule has 1 aliphatic heterocycles. The van der Waals surface area contributed by atoms with Crippen LogP contribution in [0.15, 0.2) is 54.4 Å². The molecule has 1 saturated heterocycles. The van der Waals surface area contributed by atoms with Crippen LogP contribution in [-0.2, 0) is 9.59 Å². The zero-order valence-corrected chi connectivity index (χ0v) is 14.3. The maximum atomic E-state index is 12.8. The molecule has 1 N–H and O–H groups in total. The molecule has 26 heavy (non-hydrogen) atoms. The fraction of sp³-hybridized carbons (Fsp3) is 0.158. The molecule has 7 nitrogen and oxygen atoms in total. The highest BCUT2D eigenvalue weighted by Gasteiger charge is 2.37. The number of barbiturate groups is 1. The summed E-state index contributed by atoms with van der Waals surface area (Å²) >= 11 is 0. The van der Waals surface area contributed by atoms with Gasteiger partial charge in [0.1, 0.15) is 11.3 Å². The highest BCUT2D eigenvalue weighted by molar-refractivity contribution is 6.39. The Bertz CT molecular complexity index is 891. The normalized spacial score (nSPS) is 16.2. The summed E-state index contributed by atoms with van der Waals surface area (Å²) in [5.41, 5.74) is 0.688. The van der Waals surface area contributed by atoms with E-state index >= 15 is 0 Å². The third kappa shape index (κ3) is 3.46. The van der Waals surface area contributed by atoms with Crippen LogP contribution < -0.4 is 15.0 Å². The first-order valence-corrected chi connectivity index (χ1v) is 8.04. The minimum absolute atomic E-state index is 0.0705. The van der Waals surface area contributed by atoms with Gasteiger partial charge in [0.2, 0.25) is 0 Å². The van der Waals surface area contributed by atoms with Crippen molar-refractivity contribution in [2.45, 2.75) is 20.0 Å². The van der Waals surface area contributed by atoms with Gasteiger partial charge in [-0.25, -0.2) is 9.69 Å². The molecule has 1 aliphatic rings. The van der Waals surface area contributed by atoms with E-state index in [9.17, 15) is 14.4 Å². The Morgan fingerprint density at radius 2 is 1.88 bits per heavy atom. The van der Waals surface area contributed by atoms with E-state index in [1.54, 1.807) is 36.4 Å². The molecule has 132 valence electrons. The molecule has 0 unspecified atom stereocenters. The largest absolute Gasteiger partial charge is 0.490 e. The fourth-order valence-electron chi connectivity index (χ4n) is 2.49. The number of carbonyl (C=O) groups is 3. The van der Waals surface area contributed by atoms with Gasteiger partial charge in [0.15, 0.2) is 0 Å². The van der Waals surface area contributed by atoms with E-state index in [2.05, 4.69) is 10.3 Å². The monoisotopic (exact) mass is 351 g/mol. The van der Waals surface area contributed by atoms with Crippen molar-refractivity contribution in [1.82, 2.24) is 10.3 Å². The van der Waals surface area contributed by atoms with Crippen molar-refractivity contribution >= 4 is 29.6 Å². The molecule has 3 rings (SSSR count). The molecule has 2 heterocycles. The number of imide groups is 2. The maximum absolute atomic E-state index is 12.8. The zero-order valence-electron chi connectivity index (χ0n) is 14.3. The van der Waals surface area contributed by atoms with Crippen molar-refractivity contribution in [3.8, 4) is 5.75 Å². The predicted molar refractivity (Wildman–Crippen MR) is 95.4 cm³/mol. The van der Waals surface area contributed by atoms with Gasteiger partial charge in [0, 0.05) is 11.8 Å². The molecule has 2 aromatic rings. The van der Waals surface area contributed by atoms with Gasteiger partial charge in [0.05, 0.1) is 18.0 Å². The van der Waals surface area contributed by atoms with Crippen molar-refractivity contribution in [2.75, 3.05) is 4.90 Å². The topological polar surface area (TPSA) is 88.6 Å². The van der Waals surface area contributed by atoms with Crippen LogP contribution in [0.2, 0.25) is 0 Å². The number of aromatic nitrogens is 1. The second-order valence-electron chi connectivity index (χ2n) is 5.87. The van der Waals surface area contributed by atoms with E-state index in [1.165, 1.54) is 18.5 Å². The molecule has 1 aromatic carbocycles. The summed E-state index contributed by atoms with van der Waals surface area (Å²) in [5.74, 6) is -0.925. The van der Waals surface area contributed by atoms with Crippen LogP contribution in [0.4, 0.5) is 10.5 Å². The maximum Gasteiger partial charge on any atom is 0.336 e. The summed E-state index contributed by atoms with van der Waals surface area (Å²) in [6, 6.07) is 9.41. The number of amides is 4. The fourth-order valence-corrected chi connectivity index (χ4v) is 2.49. The number of urea groups is 1. The second kappa shape index (κ2) is 7.18. The lowest BCUT2D eigenvalue weighted by atomic mass is 10.1. The van der Waals surface area contributed by atoms with Crippen molar-refractivity contribution < 1.29 is 19.1 Å². The standard InChI is InChI=1S/C19H17N3O4/c1-12(2)26-16-8-4-3-6-13(16)10-15-17(23)21-19(25)22(18(15)24)14-7-5-9-20-11-14/h3-12H,1-2H3,(H,21,23,25)/b15-10+. The number of rotatable bonds is 4. The highest BCUT2D eigenvalue weighted by atomic mass is 16.5. The van der Waals surface area contributed by atoms with E-state index in [0.717, 1.165) is 4.90 Å². The molecule has 4 amide bonds. The molecule has 0 bridgehead atoms. The van der Waals surface area contributed by atoms with Gasteiger partial charge < -0.3 is 4.74 Å². The number of nitrogens with zero attached hydrogens (tertiary/aromatic N) is 2. The number of nitrogens with one attached hydrogen (secondary N) is 1. The van der Waals surface area contributed by atoms with Gasteiger partial charge in [-0.1, -0.05) is 18.2 Å². The predicted octanol–water partition coefficient (Wildman–Crippen LogP) is 2.54. The van der Waals surface area contributed by atoms with Crippen LogP contribution in [0.3, 0.4) is 0 Å². The van der Waals surface area contributed by atoms with E-state index in [1.807, 2.05) is 13.8 Å². The first kappa shape index (κ1) is 17.3. The van der Waals surface area contributed by atoms with Gasteiger partial charge in [-0.3, -0.25) is 19.9 Å². The van der Waals surface area contributed by atoms with Crippen molar-refractivity contribution in [3.05, 3.63) is 59.9 Å². The summed E-state index contributed by atoms with van der Waals surface area (Å²) in [4.78, 5) is 41.9. The zero-order chi connectivity index (χ0) is 18.7. The van der Waals surface area contributed by atoms with Gasteiger partial charge in [-0.05, 0) is 38.1 Å². The quantitative estimate of drug-likeness (QED) is 0.675. The number of hydrogen-bond donors (Lipinski definition) is 1. The van der Waals surface area contributed by atoms with E-state index in [-0.39, 0.29) is 17.4 Å². The molecule has 0 saturated carbocycles. The van der Waals surface area contributed by atoms with Crippen molar-refractivity contribution in [1.29, 1.82) is 0 Å². The summed E-state index contributed by atoms with van der Waals surface area (Å²) in [5, 5.41) is 2.18. The molecule has 0 radical (unpaired) electrons. The number of pyridine rings is 1. The number of ether oxygens (including phenoxy) is 1. The Balaban J connectivity index is 2.02. The number of carbonyl (C=O) groups excluding carboxylic acids is 3. The van der Waals surface area contributed by atoms with Gasteiger partial charge in [-0.15, -0.1) is 0 Å². The number of hydrogen-bond acceptors (Lipinski definition) is 5. The number of benzene rings is 1. The van der Waals surface area contributed by atoms with Gasteiger partial charge >= 0.3 is 6.03 Å². The smallest absolute Gasteiger partial charge is 0.336 e. The van der Waals surface area contributed by atoms with Crippen LogP contribution in [0.5, 0.6) is 5.75 Å². The molecule has 1 aromatic heterocycles. The average molecular weight is 351 g/mol.